The topological polar surface area (TPSA) is 113 Å². The van der Waals surface area contributed by atoms with Crippen molar-refractivity contribution in [1.29, 1.82) is 0 Å². The van der Waals surface area contributed by atoms with Gasteiger partial charge in [-0.25, -0.2) is 4.79 Å². The number of carboxylic acid groups (broad SMARTS) is 1. The van der Waals surface area contributed by atoms with Crippen LogP contribution in [0.3, 0.4) is 0 Å². The van der Waals surface area contributed by atoms with Gasteiger partial charge in [0.2, 0.25) is 5.76 Å². The maximum atomic E-state index is 11.8. The number of phenols is 1. The van der Waals surface area contributed by atoms with Crippen LogP contribution >= 0.6 is 0 Å². The van der Waals surface area contributed by atoms with Crippen molar-refractivity contribution in [2.45, 2.75) is 6.92 Å². The normalized spacial score (nSPS) is 10.2. The van der Waals surface area contributed by atoms with Gasteiger partial charge in [-0.15, -0.1) is 0 Å². The van der Waals surface area contributed by atoms with E-state index in [4.69, 9.17) is 9.63 Å². The van der Waals surface area contributed by atoms with Gasteiger partial charge in [-0.3, -0.25) is 4.79 Å². The van der Waals surface area contributed by atoms with Crippen LogP contribution < -0.4 is 5.32 Å². The monoisotopic (exact) mass is 262 g/mol. The highest BCUT2D eigenvalue weighted by atomic mass is 16.5. The Kier molecular flexibility index (Phi) is 3.19. The average molecular weight is 262 g/mol. The number of aryl methyl sites for hydroxylation is 1. The lowest BCUT2D eigenvalue weighted by Crippen LogP contribution is -2.13. The summed E-state index contributed by atoms with van der Waals surface area (Å²) in [6.45, 7) is 1.64. The number of carbonyl (C=O) groups excluding carboxylic acids is 1. The van der Waals surface area contributed by atoms with Crippen molar-refractivity contribution in [3.63, 3.8) is 0 Å². The number of anilines is 1. The van der Waals surface area contributed by atoms with Gasteiger partial charge < -0.3 is 20.1 Å². The predicted molar refractivity (Wildman–Crippen MR) is 64.3 cm³/mol. The summed E-state index contributed by atoms with van der Waals surface area (Å²) in [6, 6.07) is 4.02. The fourth-order valence-corrected chi connectivity index (χ4v) is 1.51. The molecule has 0 aliphatic carbocycles. The van der Waals surface area contributed by atoms with Crippen LogP contribution in [-0.4, -0.2) is 27.2 Å². The Hall–Kier alpha value is -2.83. The van der Waals surface area contributed by atoms with Crippen LogP contribution in [0.15, 0.2) is 28.9 Å². The van der Waals surface area contributed by atoms with E-state index in [9.17, 15) is 14.7 Å². The van der Waals surface area contributed by atoms with E-state index in [0.29, 0.717) is 5.56 Å². The molecule has 1 heterocycles. The van der Waals surface area contributed by atoms with E-state index in [1.54, 1.807) is 6.92 Å². The Morgan fingerprint density at radius 2 is 2.11 bits per heavy atom. The Labute approximate surface area is 107 Å². The first-order chi connectivity index (χ1) is 9.00. The van der Waals surface area contributed by atoms with Crippen LogP contribution in [0.4, 0.5) is 5.69 Å². The number of aromatic carboxylic acids is 1. The highest BCUT2D eigenvalue weighted by Crippen LogP contribution is 2.28. The summed E-state index contributed by atoms with van der Waals surface area (Å²) in [5.74, 6) is -2.42. The lowest BCUT2D eigenvalue weighted by Gasteiger charge is -2.07. The molecule has 1 aromatic heterocycles. The summed E-state index contributed by atoms with van der Waals surface area (Å²) in [4.78, 5) is 22.7. The van der Waals surface area contributed by atoms with E-state index in [0.717, 1.165) is 0 Å². The van der Waals surface area contributed by atoms with E-state index in [1.165, 1.54) is 24.4 Å². The fraction of sp³-hybridized carbons (Fsp3) is 0.0833. The van der Waals surface area contributed by atoms with E-state index < -0.39 is 17.6 Å². The van der Waals surface area contributed by atoms with E-state index >= 15 is 0 Å². The van der Waals surface area contributed by atoms with Gasteiger partial charge in [-0.1, -0.05) is 11.2 Å². The summed E-state index contributed by atoms with van der Waals surface area (Å²) in [5.41, 5.74) is 0.221. The van der Waals surface area contributed by atoms with Crippen LogP contribution in [0.25, 0.3) is 0 Å². The standard InChI is InChI=1S/C12H10N2O5/c1-6-5-13-19-10(6)11(16)14-8-4-2-3-7(9(8)15)12(17)18/h2-5,15H,1H3,(H,14,16)(H,17,18). The first-order valence-corrected chi connectivity index (χ1v) is 5.28. The second-order valence-corrected chi connectivity index (χ2v) is 3.80. The molecule has 7 nitrogen and oxygen atoms in total. The van der Waals surface area contributed by atoms with Crippen molar-refractivity contribution in [2.24, 2.45) is 0 Å². The molecule has 0 atom stereocenters. The number of aromatic hydroxyl groups is 1. The lowest BCUT2D eigenvalue weighted by molar-refractivity contribution is 0.0693. The fourth-order valence-electron chi connectivity index (χ4n) is 1.51. The highest BCUT2D eigenvalue weighted by molar-refractivity contribution is 6.05. The summed E-state index contributed by atoms with van der Waals surface area (Å²) in [5, 5.41) is 24.4. The Morgan fingerprint density at radius 3 is 2.68 bits per heavy atom. The van der Waals surface area contributed by atoms with Gasteiger partial charge in [0.05, 0.1) is 11.9 Å². The summed E-state index contributed by atoms with van der Waals surface area (Å²) >= 11 is 0. The van der Waals surface area contributed by atoms with Crippen molar-refractivity contribution < 1.29 is 24.3 Å². The van der Waals surface area contributed by atoms with Gasteiger partial charge in [0.1, 0.15) is 5.56 Å². The van der Waals surface area contributed by atoms with E-state index in [2.05, 4.69) is 10.5 Å². The molecule has 0 fully saturated rings. The van der Waals surface area contributed by atoms with Crippen molar-refractivity contribution in [3.8, 4) is 5.75 Å². The molecule has 0 bridgehead atoms. The number of amides is 1. The van der Waals surface area contributed by atoms with Gasteiger partial charge in [-0.2, -0.15) is 0 Å². The molecule has 0 radical (unpaired) electrons. The van der Waals surface area contributed by atoms with Crippen molar-refractivity contribution >= 4 is 17.6 Å². The molecule has 7 heteroatoms. The highest BCUT2D eigenvalue weighted by Gasteiger charge is 2.18. The number of rotatable bonds is 3. The third kappa shape index (κ3) is 2.39. The molecule has 3 N–H and O–H groups in total. The number of hydrogen-bond acceptors (Lipinski definition) is 5. The zero-order valence-corrected chi connectivity index (χ0v) is 9.88. The molecule has 2 rings (SSSR count). The number of carbonyl (C=O) groups is 2. The molecule has 0 aliphatic heterocycles. The quantitative estimate of drug-likeness (QED) is 0.725. The molecule has 0 saturated carbocycles. The second kappa shape index (κ2) is 4.81. The number of benzene rings is 1. The van der Waals surface area contributed by atoms with E-state index in [1.807, 2.05) is 0 Å². The lowest BCUT2D eigenvalue weighted by atomic mass is 10.1. The van der Waals surface area contributed by atoms with Gasteiger partial charge in [0.25, 0.3) is 5.91 Å². The molecule has 1 aromatic carbocycles. The molecular formula is C12H10N2O5. The zero-order valence-electron chi connectivity index (χ0n) is 9.88. The Morgan fingerprint density at radius 1 is 1.37 bits per heavy atom. The van der Waals surface area contributed by atoms with Gasteiger partial charge in [0, 0.05) is 5.56 Å². The summed E-state index contributed by atoms with van der Waals surface area (Å²) in [7, 11) is 0. The molecule has 19 heavy (non-hydrogen) atoms. The first-order valence-electron chi connectivity index (χ1n) is 5.28. The minimum Gasteiger partial charge on any atom is -0.505 e. The van der Waals surface area contributed by atoms with Crippen LogP contribution in [-0.2, 0) is 0 Å². The molecule has 2 aromatic rings. The van der Waals surface area contributed by atoms with Crippen molar-refractivity contribution in [1.82, 2.24) is 5.16 Å². The van der Waals surface area contributed by atoms with Crippen LogP contribution in [0.5, 0.6) is 5.75 Å². The second-order valence-electron chi connectivity index (χ2n) is 3.80. The minimum atomic E-state index is -1.29. The predicted octanol–water partition coefficient (Wildman–Crippen LogP) is 1.64. The maximum Gasteiger partial charge on any atom is 0.339 e. The summed E-state index contributed by atoms with van der Waals surface area (Å²) in [6.07, 6.45) is 1.38. The third-order valence-corrected chi connectivity index (χ3v) is 2.47. The van der Waals surface area contributed by atoms with Gasteiger partial charge in [-0.05, 0) is 19.1 Å². The minimum absolute atomic E-state index is 0.000119. The Bertz CT molecular complexity index is 647. The first kappa shape index (κ1) is 12.6. The van der Waals surface area contributed by atoms with Crippen LogP contribution in [0, 0.1) is 6.92 Å². The molecule has 0 unspecified atom stereocenters. The summed E-state index contributed by atoms with van der Waals surface area (Å²) < 4.78 is 4.76. The van der Waals surface area contributed by atoms with Crippen molar-refractivity contribution in [2.75, 3.05) is 5.32 Å². The number of carboxylic acids is 1. The van der Waals surface area contributed by atoms with Crippen molar-refractivity contribution in [3.05, 3.63) is 41.3 Å². The number of nitrogens with one attached hydrogen (secondary N) is 1. The molecule has 0 aliphatic rings. The molecule has 0 spiro atoms. The molecule has 1 amide bonds. The number of hydrogen-bond donors (Lipinski definition) is 3. The molecule has 0 saturated heterocycles. The molecular weight excluding hydrogens is 252 g/mol. The number of nitrogens with zero attached hydrogens (tertiary/aromatic N) is 1. The van der Waals surface area contributed by atoms with E-state index in [-0.39, 0.29) is 17.0 Å². The van der Waals surface area contributed by atoms with Crippen LogP contribution in [0.2, 0.25) is 0 Å². The van der Waals surface area contributed by atoms with Gasteiger partial charge in [0.15, 0.2) is 5.75 Å². The molecule has 98 valence electrons. The SMILES string of the molecule is Cc1cnoc1C(=O)Nc1cccc(C(=O)O)c1O. The Balaban J connectivity index is 2.30. The number of para-hydroxylation sites is 1. The maximum absolute atomic E-state index is 11.8. The zero-order chi connectivity index (χ0) is 14.0. The van der Waals surface area contributed by atoms with Gasteiger partial charge >= 0.3 is 5.97 Å². The van der Waals surface area contributed by atoms with Crippen LogP contribution in [0.1, 0.15) is 26.5 Å². The number of aromatic nitrogens is 1. The largest absolute Gasteiger partial charge is 0.505 e. The smallest absolute Gasteiger partial charge is 0.339 e. The third-order valence-electron chi connectivity index (χ3n) is 2.47. The average Bonchev–Trinajstić information content (AvgIpc) is 2.77.